The smallest absolute Gasteiger partial charge is 0.238 e. The first kappa shape index (κ1) is 16.8. The van der Waals surface area contributed by atoms with E-state index in [-0.39, 0.29) is 28.9 Å². The average Bonchev–Trinajstić information content (AvgIpc) is 3.12. The molecule has 2 unspecified atom stereocenters. The standard InChI is InChI=1S/C14H22N4O3S/c1-9-6-12(17-21-9)16-14(20)10(2)22-8-13(19)18-5-3-4-11(18)7-15/h6,10-11H,3-5,7-8,15H2,1-2H3,(H,16,17,20). The van der Waals surface area contributed by atoms with Gasteiger partial charge in [-0.05, 0) is 26.7 Å². The quantitative estimate of drug-likeness (QED) is 0.808. The van der Waals surface area contributed by atoms with Gasteiger partial charge in [-0.2, -0.15) is 0 Å². The van der Waals surface area contributed by atoms with Gasteiger partial charge < -0.3 is 20.5 Å². The number of amides is 2. The lowest BCUT2D eigenvalue weighted by Crippen LogP contribution is -2.41. The van der Waals surface area contributed by atoms with Crippen LogP contribution in [0.3, 0.4) is 0 Å². The first-order valence-corrected chi connectivity index (χ1v) is 8.41. The zero-order chi connectivity index (χ0) is 16.1. The zero-order valence-corrected chi connectivity index (χ0v) is 13.7. The van der Waals surface area contributed by atoms with Crippen LogP contribution in [0.15, 0.2) is 10.6 Å². The summed E-state index contributed by atoms with van der Waals surface area (Å²) < 4.78 is 4.89. The molecule has 0 aliphatic carbocycles. The minimum absolute atomic E-state index is 0.0508. The predicted molar refractivity (Wildman–Crippen MR) is 85.6 cm³/mol. The highest BCUT2D eigenvalue weighted by Gasteiger charge is 2.28. The van der Waals surface area contributed by atoms with E-state index in [2.05, 4.69) is 10.5 Å². The fourth-order valence-corrected chi connectivity index (χ4v) is 3.19. The van der Waals surface area contributed by atoms with E-state index in [0.29, 0.717) is 18.1 Å². The average molecular weight is 326 g/mol. The number of aryl methyl sites for hydroxylation is 1. The molecule has 0 aromatic carbocycles. The van der Waals surface area contributed by atoms with E-state index in [9.17, 15) is 9.59 Å². The second-order valence-corrected chi connectivity index (χ2v) is 6.71. The van der Waals surface area contributed by atoms with Crippen molar-refractivity contribution in [3.05, 3.63) is 11.8 Å². The minimum atomic E-state index is -0.347. The SMILES string of the molecule is Cc1cc(NC(=O)C(C)SCC(=O)N2CCCC2CN)no1. The molecule has 122 valence electrons. The summed E-state index contributed by atoms with van der Waals surface area (Å²) in [6, 6.07) is 1.80. The lowest BCUT2D eigenvalue weighted by atomic mass is 10.2. The maximum atomic E-state index is 12.2. The Bertz CT molecular complexity index is 534. The van der Waals surface area contributed by atoms with Gasteiger partial charge in [0.25, 0.3) is 0 Å². The van der Waals surface area contributed by atoms with Gasteiger partial charge in [0.2, 0.25) is 11.8 Å². The van der Waals surface area contributed by atoms with E-state index in [4.69, 9.17) is 10.3 Å². The first-order chi connectivity index (χ1) is 10.5. The predicted octanol–water partition coefficient (Wildman–Crippen LogP) is 0.993. The highest BCUT2D eigenvalue weighted by molar-refractivity contribution is 8.01. The highest BCUT2D eigenvalue weighted by atomic mass is 32.2. The molecular formula is C14H22N4O3S. The second kappa shape index (κ2) is 7.64. The van der Waals surface area contributed by atoms with Crippen LogP contribution in [0.4, 0.5) is 5.82 Å². The van der Waals surface area contributed by atoms with Gasteiger partial charge in [0.05, 0.1) is 11.0 Å². The van der Waals surface area contributed by atoms with Crippen molar-refractivity contribution in [2.24, 2.45) is 5.73 Å². The van der Waals surface area contributed by atoms with Crippen molar-refractivity contribution in [2.75, 3.05) is 24.2 Å². The van der Waals surface area contributed by atoms with Crippen molar-refractivity contribution in [1.82, 2.24) is 10.1 Å². The Labute approximate surface area is 134 Å². The molecule has 2 atom stereocenters. The first-order valence-electron chi connectivity index (χ1n) is 7.36. The molecule has 1 aliphatic rings. The summed E-state index contributed by atoms with van der Waals surface area (Å²) in [4.78, 5) is 26.0. The molecule has 2 amide bonds. The zero-order valence-electron chi connectivity index (χ0n) is 12.9. The van der Waals surface area contributed by atoms with Gasteiger partial charge in [0.15, 0.2) is 5.82 Å². The molecule has 0 spiro atoms. The third-order valence-electron chi connectivity index (χ3n) is 3.67. The van der Waals surface area contributed by atoms with Crippen LogP contribution >= 0.6 is 11.8 Å². The normalized spacial score (nSPS) is 19.2. The molecule has 1 aromatic rings. The van der Waals surface area contributed by atoms with Crippen LogP contribution in [0.5, 0.6) is 0 Å². The molecule has 1 aliphatic heterocycles. The van der Waals surface area contributed by atoms with Crippen LogP contribution in [0.25, 0.3) is 0 Å². The summed E-state index contributed by atoms with van der Waals surface area (Å²) in [6.07, 6.45) is 1.97. The lowest BCUT2D eigenvalue weighted by Gasteiger charge is -2.23. The fraction of sp³-hybridized carbons (Fsp3) is 0.643. The number of rotatable bonds is 6. The molecule has 1 saturated heterocycles. The summed E-state index contributed by atoms with van der Waals surface area (Å²) in [5.74, 6) is 1.16. The molecule has 22 heavy (non-hydrogen) atoms. The molecule has 8 heteroatoms. The number of nitrogens with zero attached hydrogens (tertiary/aromatic N) is 2. The number of likely N-dealkylation sites (tertiary alicyclic amines) is 1. The van der Waals surface area contributed by atoms with Gasteiger partial charge in [-0.15, -0.1) is 11.8 Å². The van der Waals surface area contributed by atoms with Crippen LogP contribution in [0.1, 0.15) is 25.5 Å². The number of hydrogen-bond donors (Lipinski definition) is 2. The van der Waals surface area contributed by atoms with E-state index in [1.54, 1.807) is 19.9 Å². The molecule has 7 nitrogen and oxygen atoms in total. The van der Waals surface area contributed by atoms with Crippen LogP contribution in [0.2, 0.25) is 0 Å². The van der Waals surface area contributed by atoms with E-state index < -0.39 is 0 Å². The van der Waals surface area contributed by atoms with Crippen molar-refractivity contribution < 1.29 is 14.1 Å². The van der Waals surface area contributed by atoms with Crippen LogP contribution in [-0.4, -0.2) is 52.0 Å². The molecule has 0 bridgehead atoms. The third kappa shape index (κ3) is 4.23. The summed E-state index contributed by atoms with van der Waals surface area (Å²) >= 11 is 1.32. The van der Waals surface area contributed by atoms with Gasteiger partial charge >= 0.3 is 0 Å². The summed E-state index contributed by atoms with van der Waals surface area (Å²) in [7, 11) is 0. The Hall–Kier alpha value is -1.54. The monoisotopic (exact) mass is 326 g/mol. The molecule has 1 aromatic heterocycles. The number of anilines is 1. The Balaban J connectivity index is 1.78. The number of carbonyl (C=O) groups is 2. The molecule has 2 rings (SSSR count). The van der Waals surface area contributed by atoms with Crippen molar-refractivity contribution in [3.63, 3.8) is 0 Å². The summed E-state index contributed by atoms with van der Waals surface area (Å²) in [5.41, 5.74) is 5.67. The Kier molecular flexibility index (Phi) is 5.84. The van der Waals surface area contributed by atoms with Crippen molar-refractivity contribution >= 4 is 29.4 Å². The molecule has 1 fully saturated rings. The number of hydrogen-bond acceptors (Lipinski definition) is 6. The number of nitrogens with two attached hydrogens (primary N) is 1. The highest BCUT2D eigenvalue weighted by Crippen LogP contribution is 2.20. The van der Waals surface area contributed by atoms with E-state index >= 15 is 0 Å². The maximum absolute atomic E-state index is 12.2. The maximum Gasteiger partial charge on any atom is 0.238 e. The van der Waals surface area contributed by atoms with Gasteiger partial charge in [-0.1, -0.05) is 5.16 Å². The number of aromatic nitrogens is 1. The van der Waals surface area contributed by atoms with Gasteiger partial charge in [0, 0.05) is 25.2 Å². The largest absolute Gasteiger partial charge is 0.360 e. The lowest BCUT2D eigenvalue weighted by molar-refractivity contribution is -0.128. The molecule has 0 saturated carbocycles. The van der Waals surface area contributed by atoms with E-state index in [1.807, 2.05) is 4.90 Å². The van der Waals surface area contributed by atoms with Crippen LogP contribution in [-0.2, 0) is 9.59 Å². The number of nitrogens with one attached hydrogen (secondary N) is 1. The summed E-state index contributed by atoms with van der Waals surface area (Å²) in [6.45, 7) is 4.78. The van der Waals surface area contributed by atoms with Gasteiger partial charge in [-0.25, -0.2) is 0 Å². The second-order valence-electron chi connectivity index (χ2n) is 5.38. The Morgan fingerprint density at radius 2 is 2.41 bits per heavy atom. The topological polar surface area (TPSA) is 101 Å². The molecular weight excluding hydrogens is 304 g/mol. The van der Waals surface area contributed by atoms with Crippen molar-refractivity contribution in [3.8, 4) is 0 Å². The minimum Gasteiger partial charge on any atom is -0.360 e. The summed E-state index contributed by atoms with van der Waals surface area (Å²) in [5, 5.41) is 6.03. The van der Waals surface area contributed by atoms with Gasteiger partial charge in [-0.3, -0.25) is 9.59 Å². The fourth-order valence-electron chi connectivity index (χ4n) is 2.42. The molecule has 2 heterocycles. The Morgan fingerprint density at radius 3 is 3.05 bits per heavy atom. The van der Waals surface area contributed by atoms with Gasteiger partial charge in [0.1, 0.15) is 5.76 Å². The molecule has 3 N–H and O–H groups in total. The number of thioether (sulfide) groups is 1. The molecule has 0 radical (unpaired) electrons. The van der Waals surface area contributed by atoms with Crippen LogP contribution < -0.4 is 11.1 Å². The van der Waals surface area contributed by atoms with Crippen molar-refractivity contribution in [1.29, 1.82) is 0 Å². The van der Waals surface area contributed by atoms with E-state index in [1.165, 1.54) is 11.8 Å². The third-order valence-corrected chi connectivity index (χ3v) is 4.80. The Morgan fingerprint density at radius 1 is 1.64 bits per heavy atom. The number of carbonyl (C=O) groups excluding carboxylic acids is 2. The van der Waals surface area contributed by atoms with Crippen molar-refractivity contribution in [2.45, 2.75) is 38.0 Å². The van der Waals surface area contributed by atoms with Crippen LogP contribution in [0, 0.1) is 6.92 Å². The van der Waals surface area contributed by atoms with E-state index in [0.717, 1.165) is 19.4 Å².